The Balaban J connectivity index is 1.80. The fraction of sp³-hybridized carbons (Fsp3) is 0.238. The molecule has 5 heteroatoms. The van der Waals surface area contributed by atoms with Gasteiger partial charge in [0, 0.05) is 23.3 Å². The number of nitrogens with two attached hydrogens (primary N) is 1. The quantitative estimate of drug-likeness (QED) is 0.866. The molecule has 1 aromatic carbocycles. The summed E-state index contributed by atoms with van der Waals surface area (Å²) in [6.07, 6.45) is 1.04. The number of ether oxygens (including phenoxy) is 1. The van der Waals surface area contributed by atoms with Crippen molar-refractivity contribution in [1.29, 1.82) is 5.26 Å². The highest BCUT2D eigenvalue weighted by Crippen LogP contribution is 2.48. The lowest BCUT2D eigenvalue weighted by Gasteiger charge is -2.33. The maximum absolute atomic E-state index is 13.1. The fourth-order valence-corrected chi connectivity index (χ4v) is 4.86. The summed E-state index contributed by atoms with van der Waals surface area (Å²) in [6, 6.07) is 14.2. The Morgan fingerprint density at radius 1 is 1.23 bits per heavy atom. The summed E-state index contributed by atoms with van der Waals surface area (Å²) in [5.74, 6) is 0.435. The van der Waals surface area contributed by atoms with E-state index in [1.165, 1.54) is 0 Å². The van der Waals surface area contributed by atoms with Crippen molar-refractivity contribution in [2.45, 2.75) is 31.6 Å². The molecule has 1 aliphatic heterocycles. The van der Waals surface area contributed by atoms with Gasteiger partial charge in [-0.2, -0.15) is 5.26 Å². The molecule has 0 unspecified atom stereocenters. The fourth-order valence-electron chi connectivity index (χ4n) is 3.81. The van der Waals surface area contributed by atoms with Crippen LogP contribution in [0.5, 0.6) is 0 Å². The molecule has 0 saturated carbocycles. The van der Waals surface area contributed by atoms with Crippen molar-refractivity contribution in [3.63, 3.8) is 0 Å². The smallest absolute Gasteiger partial charge is 0.205 e. The molecule has 2 aliphatic rings. The Hall–Kier alpha value is -2.84. The van der Waals surface area contributed by atoms with Crippen LogP contribution in [0.25, 0.3) is 0 Å². The zero-order valence-corrected chi connectivity index (χ0v) is 15.2. The van der Waals surface area contributed by atoms with E-state index < -0.39 is 5.92 Å². The van der Waals surface area contributed by atoms with E-state index in [2.05, 4.69) is 6.07 Å². The molecule has 1 aliphatic carbocycles. The van der Waals surface area contributed by atoms with Gasteiger partial charge < -0.3 is 10.5 Å². The topological polar surface area (TPSA) is 76.1 Å². The van der Waals surface area contributed by atoms with E-state index in [1.807, 2.05) is 48.7 Å². The van der Waals surface area contributed by atoms with Crippen LogP contribution in [-0.2, 0) is 9.53 Å². The molecule has 2 heterocycles. The molecular formula is C21H18N2O2S. The number of nitriles is 1. The second-order valence-electron chi connectivity index (χ2n) is 6.67. The molecule has 2 N–H and O–H groups in total. The molecule has 26 heavy (non-hydrogen) atoms. The summed E-state index contributed by atoms with van der Waals surface area (Å²) in [4.78, 5) is 14.1. The van der Waals surface area contributed by atoms with E-state index in [4.69, 9.17) is 10.5 Å². The van der Waals surface area contributed by atoms with Gasteiger partial charge in [-0.05, 0) is 35.4 Å². The molecule has 0 saturated heterocycles. The number of carbonyl (C=O) groups excluding carboxylic acids is 1. The Kier molecular flexibility index (Phi) is 4.14. The van der Waals surface area contributed by atoms with Crippen molar-refractivity contribution >= 4 is 17.1 Å². The van der Waals surface area contributed by atoms with Gasteiger partial charge in [0.05, 0.1) is 5.92 Å². The van der Waals surface area contributed by atoms with Gasteiger partial charge in [-0.15, -0.1) is 11.3 Å². The molecule has 0 radical (unpaired) electrons. The van der Waals surface area contributed by atoms with Crippen molar-refractivity contribution in [1.82, 2.24) is 0 Å². The van der Waals surface area contributed by atoms with Gasteiger partial charge in [0.15, 0.2) is 5.78 Å². The number of aryl methyl sites for hydroxylation is 1. The highest BCUT2D eigenvalue weighted by molar-refractivity contribution is 7.10. The molecule has 0 spiro atoms. The monoisotopic (exact) mass is 362 g/mol. The number of carbonyl (C=O) groups is 1. The van der Waals surface area contributed by atoms with Gasteiger partial charge in [-0.3, -0.25) is 4.79 Å². The number of allylic oxidation sites excluding steroid dienone is 3. The number of hydrogen-bond donors (Lipinski definition) is 1. The molecule has 1 aromatic heterocycles. The molecule has 4 nitrogen and oxygen atoms in total. The first-order valence-electron chi connectivity index (χ1n) is 8.53. The Morgan fingerprint density at radius 2 is 2.00 bits per heavy atom. The summed E-state index contributed by atoms with van der Waals surface area (Å²) < 4.78 is 5.78. The number of Topliss-reactive ketones (excluding diaryl/α,β-unsaturated/α-hetero) is 1. The zero-order chi connectivity index (χ0) is 18.3. The minimum atomic E-state index is -0.409. The van der Waals surface area contributed by atoms with E-state index >= 15 is 0 Å². The molecule has 0 fully saturated rings. The Bertz CT molecular complexity index is 979. The van der Waals surface area contributed by atoms with Crippen molar-refractivity contribution in [2.75, 3.05) is 0 Å². The van der Waals surface area contributed by atoms with E-state index in [9.17, 15) is 10.1 Å². The summed E-state index contributed by atoms with van der Waals surface area (Å²) in [7, 11) is 0. The van der Waals surface area contributed by atoms with Crippen LogP contribution in [0.4, 0.5) is 0 Å². The SMILES string of the molecule is Cc1ccsc1[C@@H]1C(C#N)=C(N)OC2=C1C(=O)C[C@@H](c1ccccc1)C2. The standard InChI is InChI=1S/C21H18N2O2S/c1-12-7-8-26-20(12)18-15(11-22)21(23)25-17-10-14(9-16(24)19(17)18)13-5-3-2-4-6-13/h2-8,14,18H,9-10,23H2,1H3/t14-,18-/m1/s1. The van der Waals surface area contributed by atoms with Crippen molar-refractivity contribution in [3.8, 4) is 6.07 Å². The van der Waals surface area contributed by atoms with Crippen LogP contribution < -0.4 is 5.73 Å². The second-order valence-corrected chi connectivity index (χ2v) is 7.62. The molecular weight excluding hydrogens is 344 g/mol. The van der Waals surface area contributed by atoms with Crippen molar-refractivity contribution in [2.24, 2.45) is 5.73 Å². The third-order valence-electron chi connectivity index (χ3n) is 5.10. The van der Waals surface area contributed by atoms with Crippen LogP contribution in [0.2, 0.25) is 0 Å². The number of nitrogens with zero attached hydrogens (tertiary/aromatic N) is 1. The number of hydrogen-bond acceptors (Lipinski definition) is 5. The first-order chi connectivity index (χ1) is 12.6. The first kappa shape index (κ1) is 16.6. The van der Waals surface area contributed by atoms with E-state index in [-0.39, 0.29) is 17.6 Å². The maximum Gasteiger partial charge on any atom is 0.205 e. The average Bonchev–Trinajstić information content (AvgIpc) is 3.06. The van der Waals surface area contributed by atoms with Crippen LogP contribution in [0.3, 0.4) is 0 Å². The summed E-state index contributed by atoms with van der Waals surface area (Å²) in [5, 5.41) is 11.6. The average molecular weight is 362 g/mol. The van der Waals surface area contributed by atoms with Crippen molar-refractivity contribution in [3.05, 3.63) is 80.6 Å². The van der Waals surface area contributed by atoms with Gasteiger partial charge in [-0.25, -0.2) is 0 Å². The summed E-state index contributed by atoms with van der Waals surface area (Å²) >= 11 is 1.55. The molecule has 0 amide bonds. The normalized spacial score (nSPS) is 22.7. The van der Waals surface area contributed by atoms with Crippen LogP contribution in [0.1, 0.15) is 40.7 Å². The highest BCUT2D eigenvalue weighted by Gasteiger charge is 2.41. The molecule has 130 valence electrons. The molecule has 0 bridgehead atoms. The van der Waals surface area contributed by atoms with Gasteiger partial charge in [0.25, 0.3) is 0 Å². The molecule has 2 aromatic rings. The molecule has 4 rings (SSSR count). The third-order valence-corrected chi connectivity index (χ3v) is 6.18. The highest BCUT2D eigenvalue weighted by atomic mass is 32.1. The lowest BCUT2D eigenvalue weighted by Crippen LogP contribution is -2.29. The van der Waals surface area contributed by atoms with Gasteiger partial charge in [-0.1, -0.05) is 30.3 Å². The maximum atomic E-state index is 13.1. The minimum Gasteiger partial charge on any atom is -0.444 e. The number of rotatable bonds is 2. The third kappa shape index (κ3) is 2.63. The number of benzene rings is 1. The number of ketones is 1. The predicted octanol–water partition coefficient (Wildman–Crippen LogP) is 4.27. The van der Waals surface area contributed by atoms with Gasteiger partial charge >= 0.3 is 0 Å². The van der Waals surface area contributed by atoms with Crippen molar-refractivity contribution < 1.29 is 9.53 Å². The minimum absolute atomic E-state index is 0.0400. The van der Waals surface area contributed by atoms with Gasteiger partial charge in [0.1, 0.15) is 17.4 Å². The second kappa shape index (κ2) is 6.47. The van der Waals surface area contributed by atoms with Gasteiger partial charge in [0.2, 0.25) is 5.88 Å². The Morgan fingerprint density at radius 3 is 2.65 bits per heavy atom. The number of thiophene rings is 1. The van der Waals surface area contributed by atoms with E-state index in [1.54, 1.807) is 11.3 Å². The van der Waals surface area contributed by atoms with Crippen LogP contribution in [0, 0.1) is 18.3 Å². The lowest BCUT2D eigenvalue weighted by molar-refractivity contribution is -0.117. The zero-order valence-electron chi connectivity index (χ0n) is 14.4. The molecule has 2 atom stereocenters. The summed E-state index contributed by atoms with van der Waals surface area (Å²) in [5.41, 5.74) is 9.19. The van der Waals surface area contributed by atoms with Crippen LogP contribution >= 0.6 is 11.3 Å². The van der Waals surface area contributed by atoms with E-state index in [0.29, 0.717) is 29.7 Å². The Labute approximate surface area is 156 Å². The predicted molar refractivity (Wildman–Crippen MR) is 100 cm³/mol. The van der Waals surface area contributed by atoms with Crippen LogP contribution in [0.15, 0.2) is 64.6 Å². The largest absolute Gasteiger partial charge is 0.444 e. The van der Waals surface area contributed by atoms with E-state index in [0.717, 1.165) is 16.0 Å². The van der Waals surface area contributed by atoms with Crippen LogP contribution in [-0.4, -0.2) is 5.78 Å². The lowest BCUT2D eigenvalue weighted by atomic mass is 9.75. The first-order valence-corrected chi connectivity index (χ1v) is 9.41. The summed E-state index contributed by atoms with van der Waals surface area (Å²) in [6.45, 7) is 1.99.